The van der Waals surface area contributed by atoms with Gasteiger partial charge in [-0.25, -0.2) is 9.67 Å². The van der Waals surface area contributed by atoms with E-state index in [0.29, 0.717) is 41.6 Å². The van der Waals surface area contributed by atoms with Crippen LogP contribution in [0.3, 0.4) is 0 Å². The average Bonchev–Trinajstić information content (AvgIpc) is 3.61. The molecule has 52 heavy (non-hydrogen) atoms. The number of amides is 4. The summed E-state index contributed by atoms with van der Waals surface area (Å²) in [6.45, 7) is 2.26. The van der Waals surface area contributed by atoms with Crippen LogP contribution in [0.25, 0.3) is 0 Å². The lowest BCUT2D eigenvalue weighted by molar-refractivity contribution is -0.132. The number of methoxy groups -OCH3 is 2. The van der Waals surface area contributed by atoms with E-state index in [-0.39, 0.29) is 44.1 Å². The van der Waals surface area contributed by atoms with Crippen LogP contribution in [0.1, 0.15) is 38.9 Å². The Morgan fingerprint density at radius 2 is 1.81 bits per heavy atom. The molecular formula is C36H42N8O8. The molecule has 2 aromatic heterocycles. The van der Waals surface area contributed by atoms with Crippen LogP contribution < -0.4 is 30.2 Å². The van der Waals surface area contributed by atoms with E-state index in [0.717, 1.165) is 5.56 Å². The Morgan fingerprint density at radius 1 is 1.00 bits per heavy atom. The van der Waals surface area contributed by atoms with Gasteiger partial charge in [-0.3, -0.25) is 19.2 Å². The van der Waals surface area contributed by atoms with Gasteiger partial charge in [-0.1, -0.05) is 35.5 Å². The van der Waals surface area contributed by atoms with Gasteiger partial charge in [-0.15, -0.1) is 5.10 Å². The largest absolute Gasteiger partial charge is 0.493 e. The Balaban J connectivity index is 1.42. The summed E-state index contributed by atoms with van der Waals surface area (Å²) in [4.78, 5) is 59.9. The van der Waals surface area contributed by atoms with Crippen LogP contribution in [-0.4, -0.2) is 112 Å². The van der Waals surface area contributed by atoms with Gasteiger partial charge in [0.1, 0.15) is 18.7 Å². The first-order valence-electron chi connectivity index (χ1n) is 16.7. The van der Waals surface area contributed by atoms with Crippen molar-refractivity contribution in [3.8, 4) is 17.4 Å². The zero-order valence-electron chi connectivity index (χ0n) is 29.2. The summed E-state index contributed by atoms with van der Waals surface area (Å²) in [5, 5.41) is 27.1. The monoisotopic (exact) mass is 714 g/mol. The molecule has 4 amide bonds. The second kappa shape index (κ2) is 17.8. The lowest BCUT2D eigenvalue weighted by Crippen LogP contribution is -2.58. The molecule has 0 unspecified atom stereocenters. The number of pyridine rings is 1. The number of rotatable bonds is 6. The molecule has 16 nitrogen and oxygen atoms in total. The molecule has 2 aliphatic heterocycles. The summed E-state index contributed by atoms with van der Waals surface area (Å²) in [5.41, 5.74) is 1.91. The quantitative estimate of drug-likeness (QED) is 0.206. The summed E-state index contributed by atoms with van der Waals surface area (Å²) in [5.74, 6) is -1.21. The van der Waals surface area contributed by atoms with Crippen LogP contribution in [0, 0.1) is 0 Å². The number of hydrogen-bond acceptors (Lipinski definition) is 11. The molecule has 0 fully saturated rings. The zero-order valence-corrected chi connectivity index (χ0v) is 29.2. The number of benzene rings is 2. The highest BCUT2D eigenvalue weighted by Gasteiger charge is 2.30. The normalized spacial score (nSPS) is 18.3. The molecule has 274 valence electrons. The van der Waals surface area contributed by atoms with Crippen molar-refractivity contribution in [3.63, 3.8) is 0 Å². The van der Waals surface area contributed by atoms with E-state index in [9.17, 15) is 24.3 Å². The Hall–Kier alpha value is -6.03. The molecule has 2 aliphatic rings. The fourth-order valence-electron chi connectivity index (χ4n) is 5.50. The van der Waals surface area contributed by atoms with Gasteiger partial charge < -0.3 is 40.2 Å². The summed E-state index contributed by atoms with van der Waals surface area (Å²) in [7, 11) is 2.93. The minimum atomic E-state index is -1.37. The van der Waals surface area contributed by atoms with Gasteiger partial charge in [0.05, 0.1) is 38.1 Å². The van der Waals surface area contributed by atoms with Crippen LogP contribution >= 0.6 is 0 Å². The van der Waals surface area contributed by atoms with Gasteiger partial charge in [0.25, 0.3) is 11.8 Å². The number of aliphatic hydroxyl groups excluding tert-OH is 1. The third kappa shape index (κ3) is 9.81. The Kier molecular flexibility index (Phi) is 12.7. The van der Waals surface area contributed by atoms with Crippen molar-refractivity contribution in [2.24, 2.45) is 0 Å². The van der Waals surface area contributed by atoms with E-state index in [2.05, 4.69) is 31.2 Å². The fourth-order valence-corrected chi connectivity index (χ4v) is 5.50. The van der Waals surface area contributed by atoms with Crippen molar-refractivity contribution in [3.05, 3.63) is 95.4 Å². The molecule has 4 heterocycles. The van der Waals surface area contributed by atoms with Gasteiger partial charge in [0, 0.05) is 56.5 Å². The number of nitrogens with one attached hydrogen (secondary N) is 3. The second-order valence-corrected chi connectivity index (χ2v) is 12.1. The first-order valence-corrected chi connectivity index (χ1v) is 16.7. The first kappa shape index (κ1) is 37.2. The average molecular weight is 715 g/mol. The lowest BCUT2D eigenvalue weighted by atomic mass is 10.0. The maximum absolute atomic E-state index is 13.7. The van der Waals surface area contributed by atoms with Crippen molar-refractivity contribution in [2.75, 3.05) is 40.5 Å². The minimum absolute atomic E-state index is 0.000881. The molecule has 6 rings (SSSR count). The van der Waals surface area contributed by atoms with Crippen LogP contribution in [0.15, 0.2) is 73.1 Å². The van der Waals surface area contributed by atoms with Crippen molar-refractivity contribution in [2.45, 2.75) is 44.5 Å². The number of nitrogens with zero attached hydrogens (tertiary/aromatic N) is 5. The van der Waals surface area contributed by atoms with Crippen LogP contribution in [0.2, 0.25) is 0 Å². The number of aromatic nitrogens is 4. The maximum atomic E-state index is 13.7. The molecular weight excluding hydrogens is 672 g/mol. The summed E-state index contributed by atoms with van der Waals surface area (Å²) in [6.07, 6.45) is 2.33. The summed E-state index contributed by atoms with van der Waals surface area (Å²) < 4.78 is 18.2. The molecule has 4 N–H and O–H groups in total. The first-order chi connectivity index (χ1) is 25.1. The molecule has 16 heteroatoms. The molecule has 2 aromatic carbocycles. The topological polar surface area (TPSA) is 199 Å². The molecule has 0 radical (unpaired) electrons. The number of carbonyl (C=O) groups excluding carboxylic acids is 4. The van der Waals surface area contributed by atoms with Crippen LogP contribution in [0.5, 0.6) is 17.4 Å². The Morgan fingerprint density at radius 3 is 2.52 bits per heavy atom. The Labute approximate surface area is 300 Å². The third-order valence-electron chi connectivity index (χ3n) is 8.36. The van der Waals surface area contributed by atoms with Crippen molar-refractivity contribution < 1.29 is 38.5 Å². The van der Waals surface area contributed by atoms with Gasteiger partial charge in [-0.2, -0.15) is 0 Å². The fraction of sp³-hybridized carbons (Fsp3) is 0.361. The van der Waals surface area contributed by atoms with Crippen LogP contribution in [-0.2, 0) is 29.0 Å². The second-order valence-electron chi connectivity index (χ2n) is 12.1. The molecule has 4 bridgehead atoms. The number of fused-ring (bicyclic) bond motifs is 16. The molecule has 3 atom stereocenters. The highest BCUT2D eigenvalue weighted by Crippen LogP contribution is 2.28. The summed E-state index contributed by atoms with van der Waals surface area (Å²) in [6, 6.07) is 14.4. The molecule has 0 saturated carbocycles. The van der Waals surface area contributed by atoms with Crippen molar-refractivity contribution in [1.82, 2.24) is 40.8 Å². The van der Waals surface area contributed by atoms with Crippen molar-refractivity contribution in [1.29, 1.82) is 0 Å². The van der Waals surface area contributed by atoms with Gasteiger partial charge in [0.2, 0.25) is 17.7 Å². The highest BCUT2D eigenvalue weighted by atomic mass is 16.5. The van der Waals surface area contributed by atoms with E-state index in [4.69, 9.17) is 14.2 Å². The molecule has 0 saturated heterocycles. The summed E-state index contributed by atoms with van der Waals surface area (Å²) >= 11 is 0. The SMILES string of the molecule is COc1ccc(C(=O)N2CCNC(=O)[C@H]([C@@H](C)O)NC(=O)[C@@H](Cc3ccccc3)NC(=O)c3ccc(c(OC)c3)OCCn3cc(nn3)CC2)cn1. The van der Waals surface area contributed by atoms with Crippen LogP contribution in [0.4, 0.5) is 0 Å². The van der Waals surface area contributed by atoms with Crippen molar-refractivity contribution >= 4 is 23.6 Å². The van der Waals surface area contributed by atoms with E-state index < -0.39 is 35.9 Å². The number of carbonyl (C=O) groups is 4. The number of aliphatic hydroxyl groups is 1. The third-order valence-corrected chi connectivity index (χ3v) is 8.36. The molecule has 0 aliphatic carbocycles. The van der Waals surface area contributed by atoms with E-state index in [1.54, 1.807) is 40.0 Å². The zero-order chi connectivity index (χ0) is 37.0. The minimum Gasteiger partial charge on any atom is -0.493 e. The molecule has 4 aromatic rings. The van der Waals surface area contributed by atoms with Gasteiger partial charge in [-0.05, 0) is 36.8 Å². The van der Waals surface area contributed by atoms with E-state index in [1.165, 1.54) is 33.4 Å². The molecule has 0 spiro atoms. The van der Waals surface area contributed by atoms with E-state index >= 15 is 0 Å². The van der Waals surface area contributed by atoms with Gasteiger partial charge in [0.15, 0.2) is 11.5 Å². The predicted molar refractivity (Wildman–Crippen MR) is 187 cm³/mol. The lowest BCUT2D eigenvalue weighted by Gasteiger charge is -2.26. The standard InChI is InChI=1S/C36H42N8O8/c1-23(45)32-35(48)37-14-16-43(36(49)26-10-12-31(51-3)38-21-26)15-13-27-22-44(42-41-27)17-18-52-29-11-9-25(20-30(29)50-2)33(46)39-28(34(47)40-32)19-24-7-5-4-6-8-24/h4-12,20-23,28,32,45H,13-19H2,1-3H3,(H,37,48)(H,39,46)(H,40,47)/t23-,28-,32+/m1/s1. The Bertz CT molecular complexity index is 1830. The predicted octanol–water partition coefficient (Wildman–Crippen LogP) is 0.791. The van der Waals surface area contributed by atoms with Gasteiger partial charge >= 0.3 is 0 Å². The number of ether oxygens (including phenoxy) is 3. The smallest absolute Gasteiger partial charge is 0.255 e. The maximum Gasteiger partial charge on any atom is 0.255 e. The van der Waals surface area contributed by atoms with E-state index in [1.807, 2.05) is 30.3 Å². The number of hydrogen-bond donors (Lipinski definition) is 4. The highest BCUT2D eigenvalue weighted by molar-refractivity contribution is 5.99.